The van der Waals surface area contributed by atoms with E-state index in [-0.39, 0.29) is 30.9 Å². The highest BCUT2D eigenvalue weighted by atomic mass is 35.5. The van der Waals surface area contributed by atoms with Crippen LogP contribution in [0, 0.1) is 5.92 Å². The molecule has 3 aliphatic rings. The SMILES string of the molecule is CN1CCN(C(C(=O)N2CCC(NCC3CC3)CC2)c2ccccc2)CC1.Cl.Cl. The van der Waals surface area contributed by atoms with Crippen molar-refractivity contribution >= 4 is 30.7 Å². The Balaban J connectivity index is 0.00000150. The normalized spacial score (nSPS) is 22.4. The topological polar surface area (TPSA) is 38.8 Å². The molecule has 29 heavy (non-hydrogen) atoms. The molecule has 2 heterocycles. The number of benzene rings is 1. The summed E-state index contributed by atoms with van der Waals surface area (Å²) >= 11 is 0. The van der Waals surface area contributed by atoms with E-state index in [9.17, 15) is 4.79 Å². The summed E-state index contributed by atoms with van der Waals surface area (Å²) in [5.74, 6) is 1.22. The minimum Gasteiger partial charge on any atom is -0.341 e. The zero-order valence-corrected chi connectivity index (χ0v) is 19.1. The molecule has 1 aromatic rings. The Morgan fingerprint density at radius 1 is 0.966 bits per heavy atom. The maximum Gasteiger partial charge on any atom is 0.244 e. The van der Waals surface area contributed by atoms with Gasteiger partial charge in [0.2, 0.25) is 5.91 Å². The molecule has 4 rings (SSSR count). The van der Waals surface area contributed by atoms with Crippen LogP contribution in [0.3, 0.4) is 0 Å². The van der Waals surface area contributed by atoms with E-state index in [0.717, 1.165) is 63.6 Å². The average Bonchev–Trinajstić information content (AvgIpc) is 3.54. The predicted octanol–water partition coefficient (Wildman–Crippen LogP) is 2.81. The first kappa shape index (κ1) is 24.4. The van der Waals surface area contributed by atoms with Crippen LogP contribution in [0.1, 0.15) is 37.3 Å². The number of hydrogen-bond acceptors (Lipinski definition) is 4. The molecule has 0 aromatic heterocycles. The lowest BCUT2D eigenvalue weighted by molar-refractivity contribution is -0.139. The number of likely N-dealkylation sites (tertiary alicyclic amines) is 1. The first-order chi connectivity index (χ1) is 13.2. The first-order valence-electron chi connectivity index (χ1n) is 10.7. The van der Waals surface area contributed by atoms with E-state index in [1.165, 1.54) is 19.4 Å². The summed E-state index contributed by atoms with van der Waals surface area (Å²) in [6, 6.07) is 10.8. The fourth-order valence-corrected chi connectivity index (χ4v) is 4.36. The molecular formula is C22H36Cl2N4O. The van der Waals surface area contributed by atoms with Crippen molar-refractivity contribution in [2.24, 2.45) is 5.92 Å². The molecule has 1 amide bonds. The van der Waals surface area contributed by atoms with E-state index >= 15 is 0 Å². The lowest BCUT2D eigenvalue weighted by Gasteiger charge is -2.41. The van der Waals surface area contributed by atoms with Crippen LogP contribution in [0.2, 0.25) is 0 Å². The van der Waals surface area contributed by atoms with Crippen LogP contribution < -0.4 is 5.32 Å². The smallest absolute Gasteiger partial charge is 0.244 e. The standard InChI is InChI=1S/C22H34N4O.2ClH/c1-24-13-15-25(16-14-24)21(19-5-3-2-4-6-19)22(27)26-11-9-20(10-12-26)23-17-18-7-8-18;;/h2-6,18,20-21,23H,7-17H2,1H3;2*1H. The number of halogens is 2. The zero-order valence-electron chi connectivity index (χ0n) is 17.5. The molecule has 1 atom stereocenters. The Labute approximate surface area is 188 Å². The molecule has 3 fully saturated rings. The molecule has 0 bridgehead atoms. The fourth-order valence-electron chi connectivity index (χ4n) is 4.36. The third-order valence-electron chi connectivity index (χ3n) is 6.45. The van der Waals surface area contributed by atoms with Crippen LogP contribution in [0.15, 0.2) is 30.3 Å². The number of likely N-dealkylation sites (N-methyl/N-ethyl adjacent to an activating group) is 1. The van der Waals surface area contributed by atoms with Gasteiger partial charge in [0.05, 0.1) is 0 Å². The summed E-state index contributed by atoms with van der Waals surface area (Å²) in [4.78, 5) is 20.4. The fraction of sp³-hybridized carbons (Fsp3) is 0.682. The number of hydrogen-bond donors (Lipinski definition) is 1. The third kappa shape index (κ3) is 6.56. The van der Waals surface area contributed by atoms with Crippen molar-refractivity contribution in [1.29, 1.82) is 0 Å². The first-order valence-corrected chi connectivity index (χ1v) is 10.7. The second-order valence-electron chi connectivity index (χ2n) is 8.60. The van der Waals surface area contributed by atoms with Crippen LogP contribution in [0.4, 0.5) is 0 Å². The van der Waals surface area contributed by atoms with Crippen molar-refractivity contribution in [2.45, 2.75) is 37.8 Å². The third-order valence-corrected chi connectivity index (χ3v) is 6.45. The van der Waals surface area contributed by atoms with Crippen molar-refractivity contribution in [1.82, 2.24) is 20.0 Å². The summed E-state index contributed by atoms with van der Waals surface area (Å²) in [6.07, 6.45) is 4.97. The number of piperidine rings is 1. The monoisotopic (exact) mass is 442 g/mol. The number of nitrogens with zero attached hydrogens (tertiary/aromatic N) is 3. The quantitative estimate of drug-likeness (QED) is 0.734. The van der Waals surface area contributed by atoms with Gasteiger partial charge in [0.25, 0.3) is 0 Å². The number of carbonyl (C=O) groups excluding carboxylic acids is 1. The predicted molar refractivity (Wildman–Crippen MR) is 123 cm³/mol. The molecule has 164 valence electrons. The molecule has 2 aliphatic heterocycles. The van der Waals surface area contributed by atoms with Crippen molar-refractivity contribution in [2.75, 3.05) is 52.9 Å². The minimum absolute atomic E-state index is 0. The molecule has 7 heteroatoms. The molecule has 1 saturated carbocycles. The minimum atomic E-state index is -0.129. The van der Waals surface area contributed by atoms with Gasteiger partial charge in [-0.1, -0.05) is 30.3 Å². The van der Waals surface area contributed by atoms with Gasteiger partial charge in [-0.25, -0.2) is 0 Å². The van der Waals surface area contributed by atoms with E-state index in [4.69, 9.17) is 0 Å². The van der Waals surface area contributed by atoms with E-state index in [2.05, 4.69) is 51.3 Å². The zero-order chi connectivity index (χ0) is 18.6. The average molecular weight is 443 g/mol. The molecule has 1 aliphatic carbocycles. The van der Waals surface area contributed by atoms with E-state index in [1.807, 2.05) is 6.07 Å². The Bertz CT molecular complexity index is 612. The van der Waals surface area contributed by atoms with Gasteiger partial charge in [-0.3, -0.25) is 9.69 Å². The van der Waals surface area contributed by atoms with Crippen LogP contribution in [-0.4, -0.2) is 79.5 Å². The molecular weight excluding hydrogens is 407 g/mol. The highest BCUT2D eigenvalue weighted by molar-refractivity contribution is 5.85. The van der Waals surface area contributed by atoms with Crippen molar-refractivity contribution in [3.63, 3.8) is 0 Å². The highest BCUT2D eigenvalue weighted by Gasteiger charge is 2.34. The second-order valence-corrected chi connectivity index (χ2v) is 8.60. The van der Waals surface area contributed by atoms with E-state index in [1.54, 1.807) is 0 Å². The molecule has 2 saturated heterocycles. The molecule has 5 nitrogen and oxygen atoms in total. The largest absolute Gasteiger partial charge is 0.341 e. The Kier molecular flexibility index (Phi) is 9.70. The Morgan fingerprint density at radius 2 is 1.59 bits per heavy atom. The van der Waals surface area contributed by atoms with Crippen molar-refractivity contribution < 1.29 is 4.79 Å². The number of nitrogens with one attached hydrogen (secondary N) is 1. The van der Waals surface area contributed by atoms with Gasteiger partial charge in [0.15, 0.2) is 0 Å². The Hall–Kier alpha value is -0.850. The number of carbonyl (C=O) groups is 1. The number of amides is 1. The summed E-state index contributed by atoms with van der Waals surface area (Å²) < 4.78 is 0. The van der Waals surface area contributed by atoms with Crippen LogP contribution in [-0.2, 0) is 4.79 Å². The summed E-state index contributed by atoms with van der Waals surface area (Å²) in [5, 5.41) is 3.72. The van der Waals surface area contributed by atoms with E-state index in [0.29, 0.717) is 11.9 Å². The van der Waals surface area contributed by atoms with Crippen LogP contribution in [0.5, 0.6) is 0 Å². The van der Waals surface area contributed by atoms with Gasteiger partial charge in [-0.2, -0.15) is 0 Å². The van der Waals surface area contributed by atoms with Gasteiger partial charge < -0.3 is 15.1 Å². The maximum absolute atomic E-state index is 13.5. The lowest BCUT2D eigenvalue weighted by Crippen LogP contribution is -2.53. The van der Waals surface area contributed by atoms with Gasteiger partial charge in [-0.05, 0) is 50.8 Å². The molecule has 1 unspecified atom stereocenters. The van der Waals surface area contributed by atoms with E-state index < -0.39 is 0 Å². The van der Waals surface area contributed by atoms with Gasteiger partial charge in [0, 0.05) is 45.3 Å². The summed E-state index contributed by atoms with van der Waals surface area (Å²) in [5.41, 5.74) is 1.14. The van der Waals surface area contributed by atoms with Gasteiger partial charge in [-0.15, -0.1) is 24.8 Å². The molecule has 1 aromatic carbocycles. The lowest BCUT2D eigenvalue weighted by atomic mass is 9.99. The molecule has 0 radical (unpaired) electrons. The van der Waals surface area contributed by atoms with Gasteiger partial charge in [0.1, 0.15) is 6.04 Å². The van der Waals surface area contributed by atoms with Crippen LogP contribution in [0.25, 0.3) is 0 Å². The number of rotatable bonds is 6. The summed E-state index contributed by atoms with van der Waals surface area (Å²) in [7, 11) is 2.16. The highest BCUT2D eigenvalue weighted by Crippen LogP contribution is 2.29. The molecule has 0 spiro atoms. The van der Waals surface area contributed by atoms with Crippen molar-refractivity contribution in [3.8, 4) is 0 Å². The molecule has 1 N–H and O–H groups in total. The Morgan fingerprint density at radius 3 is 2.17 bits per heavy atom. The van der Waals surface area contributed by atoms with Crippen molar-refractivity contribution in [3.05, 3.63) is 35.9 Å². The van der Waals surface area contributed by atoms with Crippen LogP contribution >= 0.6 is 24.8 Å². The maximum atomic E-state index is 13.5. The van der Waals surface area contributed by atoms with Gasteiger partial charge >= 0.3 is 0 Å². The second kappa shape index (κ2) is 11.5. The number of piperazine rings is 1. The summed E-state index contributed by atoms with van der Waals surface area (Å²) in [6.45, 7) is 6.93.